The summed E-state index contributed by atoms with van der Waals surface area (Å²) in [5.41, 5.74) is 0. The van der Waals surface area contributed by atoms with Crippen molar-refractivity contribution in [1.82, 2.24) is 0 Å². The molecule has 1 saturated heterocycles. The van der Waals surface area contributed by atoms with Gasteiger partial charge in [-0.25, -0.2) is 48.5 Å². The molecule has 0 amide bonds. The second-order valence-electron chi connectivity index (χ2n) is 8.44. The molecule has 13 heteroatoms. The molecule has 0 aliphatic carbocycles. The summed E-state index contributed by atoms with van der Waals surface area (Å²) in [6, 6.07) is 35.3. The topological polar surface area (TPSA) is 46.7 Å². The van der Waals surface area contributed by atoms with Gasteiger partial charge in [0.05, 0.1) is 14.2 Å². The maximum absolute atomic E-state index is 5.07. The van der Waals surface area contributed by atoms with Crippen molar-refractivity contribution in [3.05, 3.63) is 144 Å². The normalized spacial score (nSPS) is 12.6. The van der Waals surface area contributed by atoms with Crippen molar-refractivity contribution in [1.29, 1.82) is 0 Å². The quantitative estimate of drug-likeness (QED) is 0.0887. The monoisotopic (exact) mass is 844 g/mol. The van der Waals surface area contributed by atoms with Gasteiger partial charge in [0.1, 0.15) is 0 Å². The van der Waals surface area contributed by atoms with E-state index in [-0.39, 0.29) is 50.6 Å². The SMILES string of the molecule is C1=CC[N-]C=C1.C1CC[N-]CC1.CO[P+]([S-])([S-])[c-]1cccc1.CO[P+]([S-])([S-])[c-]1cccc1.[Fe].[Fe].[Ni].c1cc[cH-]c1.c1cc[cH-]c1. The number of rotatable bonds is 4. The van der Waals surface area contributed by atoms with Crippen LogP contribution in [0.2, 0.25) is 0 Å². The van der Waals surface area contributed by atoms with E-state index < -0.39 is 11.8 Å². The van der Waals surface area contributed by atoms with Gasteiger partial charge in [-0.3, -0.25) is 9.05 Å². The maximum Gasteiger partial charge on any atom is 0.0740 e. The first-order valence-electron chi connectivity index (χ1n) is 13.5. The predicted molar refractivity (Wildman–Crippen MR) is 198 cm³/mol. The van der Waals surface area contributed by atoms with Crippen LogP contribution < -0.4 is 10.6 Å². The molecule has 2 aliphatic heterocycles. The molecular weight excluding hydrogens is 805 g/mol. The van der Waals surface area contributed by atoms with Crippen LogP contribution >= 0.6 is 11.8 Å². The number of allylic oxidation sites excluding steroid dienone is 2. The van der Waals surface area contributed by atoms with Crippen LogP contribution in [0.1, 0.15) is 19.3 Å². The van der Waals surface area contributed by atoms with Gasteiger partial charge in [0, 0.05) is 50.6 Å². The summed E-state index contributed by atoms with van der Waals surface area (Å²) in [4.78, 5) is 0. The standard InChI is InChI=1S/2C6H8OPS2.C5H10N.C5H6N.2C5H5.2Fe.Ni/c2*1-7-8(9,10)6-4-2-3-5-6;2*1-2-4-6-5-3-1;2*1-2-4-5-3-1;;;/h2*2-5H,1H3,(H,9,10);1-5H2;1-4H,5H2;2*1-5H;;;/q6*-1;;;/p-2. The van der Waals surface area contributed by atoms with Gasteiger partial charge >= 0.3 is 0 Å². The Morgan fingerprint density at radius 3 is 1.18 bits per heavy atom. The molecule has 0 radical (unpaired) electrons. The Hall–Kier alpha value is 0.352. The number of hydrogen-bond acceptors (Lipinski definition) is 6. The second-order valence-corrected chi connectivity index (χ2v) is 19.7. The minimum atomic E-state index is -2.06. The fraction of sp³-hybridized carbons (Fsp3) is 0.250. The molecule has 45 heavy (non-hydrogen) atoms. The Bertz CT molecular complexity index is 998. The molecule has 0 N–H and O–H groups in total. The molecule has 258 valence electrons. The zero-order valence-corrected chi connectivity index (χ0v) is 33.5. The molecule has 0 bridgehead atoms. The van der Waals surface area contributed by atoms with Crippen molar-refractivity contribution >= 4 is 71.4 Å². The second kappa shape index (κ2) is 32.9. The minimum absolute atomic E-state index is 0. The minimum Gasteiger partial charge on any atom is -0.687 e. The molecule has 4 nitrogen and oxygen atoms in total. The van der Waals surface area contributed by atoms with E-state index >= 15 is 0 Å². The van der Waals surface area contributed by atoms with E-state index in [1.165, 1.54) is 19.3 Å². The van der Waals surface area contributed by atoms with Crippen LogP contribution in [0.15, 0.2) is 134 Å². The fourth-order valence-corrected chi connectivity index (χ4v) is 6.01. The average Bonchev–Trinajstić information content (AvgIpc) is 3.89. The molecular formula is C32H40Fe2N2NiO2P2S4-8. The van der Waals surface area contributed by atoms with E-state index in [9.17, 15) is 0 Å². The third-order valence-electron chi connectivity index (χ3n) is 5.30. The summed E-state index contributed by atoms with van der Waals surface area (Å²) in [7, 11) is 3.14. The van der Waals surface area contributed by atoms with Crippen molar-refractivity contribution < 1.29 is 59.7 Å². The Balaban J connectivity index is -0.000000474. The fourth-order valence-electron chi connectivity index (χ4n) is 3.05. The predicted octanol–water partition coefficient (Wildman–Crippen LogP) is 8.86. The first-order valence-corrected chi connectivity index (χ1v) is 20.9. The zero-order valence-electron chi connectivity index (χ0n) is 25.2. The van der Waals surface area contributed by atoms with Gasteiger partial charge in [-0.1, -0.05) is 31.4 Å². The van der Waals surface area contributed by atoms with Crippen LogP contribution in [0, 0.1) is 0 Å². The van der Waals surface area contributed by atoms with E-state index in [2.05, 4.69) is 10.6 Å². The van der Waals surface area contributed by atoms with E-state index in [4.69, 9.17) is 58.0 Å². The van der Waals surface area contributed by atoms with Crippen LogP contribution in [-0.4, -0.2) is 33.9 Å². The van der Waals surface area contributed by atoms with Crippen LogP contribution in [0.5, 0.6) is 0 Å². The van der Waals surface area contributed by atoms with Gasteiger partial charge in [-0.05, 0) is 10.6 Å². The first kappa shape index (κ1) is 49.7. The van der Waals surface area contributed by atoms with Crippen molar-refractivity contribution in [3.63, 3.8) is 0 Å². The van der Waals surface area contributed by atoms with Gasteiger partial charge in [-0.2, -0.15) is 42.6 Å². The molecule has 1 fully saturated rings. The van der Waals surface area contributed by atoms with Gasteiger partial charge < -0.3 is 59.6 Å². The molecule has 0 spiro atoms. The molecule has 2 heterocycles. The van der Waals surface area contributed by atoms with Crippen molar-refractivity contribution in [2.45, 2.75) is 19.3 Å². The van der Waals surface area contributed by atoms with E-state index in [0.29, 0.717) is 0 Å². The van der Waals surface area contributed by atoms with Crippen molar-refractivity contribution in [3.8, 4) is 0 Å². The Morgan fingerprint density at radius 2 is 1.02 bits per heavy atom. The molecule has 2 aliphatic rings. The van der Waals surface area contributed by atoms with Gasteiger partial charge in [-0.15, -0.1) is 61.8 Å². The Labute approximate surface area is 325 Å². The van der Waals surface area contributed by atoms with E-state index in [1.807, 2.05) is 127 Å². The third-order valence-corrected chi connectivity index (χ3v) is 12.4. The Kier molecular flexibility index (Phi) is 36.3. The zero-order chi connectivity index (χ0) is 30.8. The summed E-state index contributed by atoms with van der Waals surface area (Å²) < 4.78 is 10.0. The molecule has 0 saturated carbocycles. The molecule has 0 aromatic heterocycles. The van der Waals surface area contributed by atoms with Gasteiger partial charge in [0.15, 0.2) is 0 Å². The van der Waals surface area contributed by atoms with Crippen LogP contribution in [0.25, 0.3) is 10.6 Å². The number of nitrogens with zero attached hydrogens (tertiary/aromatic N) is 2. The van der Waals surface area contributed by atoms with Crippen LogP contribution in [0.3, 0.4) is 0 Å². The van der Waals surface area contributed by atoms with Gasteiger partial charge in [0.25, 0.3) is 0 Å². The Morgan fingerprint density at radius 1 is 0.622 bits per heavy atom. The average molecular weight is 845 g/mol. The number of piperidine rings is 1. The third kappa shape index (κ3) is 26.9. The molecule has 0 unspecified atom stereocenters. The van der Waals surface area contributed by atoms with Crippen LogP contribution in [-0.2, 0) is 109 Å². The molecule has 4 aromatic carbocycles. The maximum atomic E-state index is 5.07. The molecule has 0 atom stereocenters. The van der Waals surface area contributed by atoms with Crippen molar-refractivity contribution in [2.24, 2.45) is 0 Å². The summed E-state index contributed by atoms with van der Waals surface area (Å²) in [5.74, 6) is -4.12. The van der Waals surface area contributed by atoms with Crippen LogP contribution in [0.4, 0.5) is 0 Å². The molecule has 4 aromatic rings. The largest absolute Gasteiger partial charge is 0.687 e. The molecule has 6 rings (SSSR count). The summed E-state index contributed by atoms with van der Waals surface area (Å²) in [6.07, 6.45) is 11.8. The summed E-state index contributed by atoms with van der Waals surface area (Å²) >= 11 is 20.3. The van der Waals surface area contributed by atoms with E-state index in [0.717, 1.165) is 30.2 Å². The summed E-state index contributed by atoms with van der Waals surface area (Å²) in [5, 5.41) is 10.0. The summed E-state index contributed by atoms with van der Waals surface area (Å²) in [6.45, 7) is 3.11. The first-order chi connectivity index (χ1) is 20.3. The smallest absolute Gasteiger partial charge is 0.0740 e. The van der Waals surface area contributed by atoms with Gasteiger partial charge in [0.2, 0.25) is 0 Å². The van der Waals surface area contributed by atoms with E-state index in [1.54, 1.807) is 20.4 Å². The van der Waals surface area contributed by atoms with Crippen molar-refractivity contribution in [2.75, 3.05) is 33.9 Å². The number of hydrogen-bond donors (Lipinski definition) is 0.